The summed E-state index contributed by atoms with van der Waals surface area (Å²) in [6, 6.07) is 9.75. The smallest absolute Gasteiger partial charge is 0.274 e. The van der Waals surface area contributed by atoms with Crippen LogP contribution in [0.1, 0.15) is 10.5 Å². The first-order chi connectivity index (χ1) is 13.5. The molecule has 0 aliphatic heterocycles. The number of amides is 1. The third kappa shape index (κ3) is 4.14. The van der Waals surface area contributed by atoms with Crippen LogP contribution in [0.3, 0.4) is 0 Å². The van der Waals surface area contributed by atoms with E-state index >= 15 is 0 Å². The van der Waals surface area contributed by atoms with Crippen LogP contribution in [0.15, 0.2) is 48.8 Å². The second kappa shape index (κ2) is 8.30. The van der Waals surface area contributed by atoms with Gasteiger partial charge in [0.15, 0.2) is 0 Å². The summed E-state index contributed by atoms with van der Waals surface area (Å²) in [5.41, 5.74) is -0.0795. The SMILES string of the molecule is COc1ccc(OC)c(Nc2cc(C(=O)Nc3c(F)cccc3F)ncn2)c1. The number of carbonyl (C=O) groups excluding carboxylic acids is 1. The topological polar surface area (TPSA) is 85.4 Å². The minimum atomic E-state index is -0.887. The van der Waals surface area contributed by atoms with Gasteiger partial charge >= 0.3 is 0 Å². The Hall–Kier alpha value is -3.75. The Morgan fingerprint density at radius 1 is 1.00 bits per heavy atom. The summed E-state index contributed by atoms with van der Waals surface area (Å²) >= 11 is 0. The lowest BCUT2D eigenvalue weighted by Gasteiger charge is -2.12. The van der Waals surface area contributed by atoms with Gasteiger partial charge in [-0.25, -0.2) is 18.7 Å². The number of ether oxygens (including phenoxy) is 2. The van der Waals surface area contributed by atoms with Gasteiger partial charge < -0.3 is 20.1 Å². The van der Waals surface area contributed by atoms with Gasteiger partial charge in [-0.2, -0.15) is 0 Å². The van der Waals surface area contributed by atoms with Crippen molar-refractivity contribution >= 4 is 23.1 Å². The largest absolute Gasteiger partial charge is 0.497 e. The van der Waals surface area contributed by atoms with Crippen LogP contribution in [0.4, 0.5) is 26.0 Å². The molecule has 2 aromatic carbocycles. The molecule has 144 valence electrons. The van der Waals surface area contributed by atoms with Crippen molar-refractivity contribution in [3.63, 3.8) is 0 Å². The molecule has 0 aliphatic rings. The number of rotatable bonds is 6. The van der Waals surface area contributed by atoms with E-state index in [-0.39, 0.29) is 11.5 Å². The molecule has 1 amide bonds. The number of methoxy groups -OCH3 is 2. The Bertz CT molecular complexity index is 994. The molecule has 3 rings (SSSR count). The van der Waals surface area contributed by atoms with Crippen LogP contribution < -0.4 is 20.1 Å². The molecule has 0 saturated heterocycles. The summed E-state index contributed by atoms with van der Waals surface area (Å²) in [7, 11) is 3.04. The monoisotopic (exact) mass is 386 g/mol. The molecule has 3 aromatic rings. The molecule has 2 N–H and O–H groups in total. The maximum absolute atomic E-state index is 13.7. The van der Waals surface area contributed by atoms with E-state index in [0.29, 0.717) is 17.2 Å². The summed E-state index contributed by atoms with van der Waals surface area (Å²) in [6.45, 7) is 0. The molecule has 0 aliphatic carbocycles. The molecule has 0 bridgehead atoms. The number of nitrogens with zero attached hydrogens (tertiary/aromatic N) is 2. The Balaban J connectivity index is 1.84. The van der Waals surface area contributed by atoms with Gasteiger partial charge in [0.05, 0.1) is 19.9 Å². The van der Waals surface area contributed by atoms with Crippen molar-refractivity contribution in [2.45, 2.75) is 0 Å². The number of hydrogen-bond donors (Lipinski definition) is 2. The zero-order valence-electron chi connectivity index (χ0n) is 15.0. The Kier molecular flexibility index (Phi) is 5.64. The quantitative estimate of drug-likeness (QED) is 0.671. The van der Waals surface area contributed by atoms with Crippen LogP contribution in [0, 0.1) is 11.6 Å². The van der Waals surface area contributed by atoms with Gasteiger partial charge in [-0.05, 0) is 24.3 Å². The van der Waals surface area contributed by atoms with Crippen molar-refractivity contribution in [1.82, 2.24) is 9.97 Å². The zero-order chi connectivity index (χ0) is 20.1. The van der Waals surface area contributed by atoms with Gasteiger partial charge in [0, 0.05) is 12.1 Å². The second-order valence-electron chi connectivity index (χ2n) is 5.53. The van der Waals surface area contributed by atoms with E-state index in [9.17, 15) is 13.6 Å². The Morgan fingerprint density at radius 2 is 1.75 bits per heavy atom. The lowest BCUT2D eigenvalue weighted by Crippen LogP contribution is -2.16. The first kappa shape index (κ1) is 19.0. The van der Waals surface area contributed by atoms with Gasteiger partial charge in [-0.3, -0.25) is 4.79 Å². The highest BCUT2D eigenvalue weighted by Gasteiger charge is 2.15. The fraction of sp³-hybridized carbons (Fsp3) is 0.105. The molecule has 1 heterocycles. The summed E-state index contributed by atoms with van der Waals surface area (Å²) < 4.78 is 37.9. The number of anilines is 3. The van der Waals surface area contributed by atoms with E-state index in [2.05, 4.69) is 20.6 Å². The predicted molar refractivity (Wildman–Crippen MR) is 99.2 cm³/mol. The maximum atomic E-state index is 13.7. The Labute approximate surface area is 159 Å². The average molecular weight is 386 g/mol. The molecule has 0 saturated carbocycles. The summed E-state index contributed by atoms with van der Waals surface area (Å²) in [4.78, 5) is 20.2. The van der Waals surface area contributed by atoms with Gasteiger partial charge in [0.25, 0.3) is 5.91 Å². The summed E-state index contributed by atoms with van der Waals surface area (Å²) in [5, 5.41) is 5.17. The van der Waals surface area contributed by atoms with Gasteiger partial charge in [0.1, 0.15) is 46.7 Å². The number of aromatic nitrogens is 2. The van der Waals surface area contributed by atoms with Crippen LogP contribution in [0.2, 0.25) is 0 Å². The highest BCUT2D eigenvalue weighted by Crippen LogP contribution is 2.31. The number of carbonyl (C=O) groups is 1. The van der Waals surface area contributed by atoms with Crippen molar-refractivity contribution in [2.24, 2.45) is 0 Å². The van der Waals surface area contributed by atoms with Gasteiger partial charge in [0.2, 0.25) is 0 Å². The van der Waals surface area contributed by atoms with Crippen molar-refractivity contribution in [1.29, 1.82) is 0 Å². The van der Waals surface area contributed by atoms with Crippen molar-refractivity contribution in [2.75, 3.05) is 24.9 Å². The van der Waals surface area contributed by atoms with Crippen molar-refractivity contribution < 1.29 is 23.0 Å². The molecular weight excluding hydrogens is 370 g/mol. The molecule has 0 radical (unpaired) electrons. The molecule has 7 nitrogen and oxygen atoms in total. The molecule has 0 fully saturated rings. The van der Waals surface area contributed by atoms with E-state index in [1.807, 2.05) is 0 Å². The highest BCUT2D eigenvalue weighted by atomic mass is 19.1. The minimum absolute atomic E-state index is 0.0815. The van der Waals surface area contributed by atoms with E-state index in [0.717, 1.165) is 18.5 Å². The maximum Gasteiger partial charge on any atom is 0.274 e. The van der Waals surface area contributed by atoms with Crippen molar-refractivity contribution in [3.8, 4) is 11.5 Å². The van der Waals surface area contributed by atoms with E-state index in [4.69, 9.17) is 9.47 Å². The molecular formula is C19H16F2N4O3. The van der Waals surface area contributed by atoms with Crippen LogP contribution >= 0.6 is 0 Å². The van der Waals surface area contributed by atoms with E-state index < -0.39 is 23.2 Å². The Morgan fingerprint density at radius 3 is 2.43 bits per heavy atom. The van der Waals surface area contributed by atoms with Crippen LogP contribution in [-0.2, 0) is 0 Å². The summed E-state index contributed by atoms with van der Waals surface area (Å²) in [5.74, 6) is -1.17. The van der Waals surface area contributed by atoms with Gasteiger partial charge in [-0.1, -0.05) is 6.07 Å². The first-order valence-electron chi connectivity index (χ1n) is 8.08. The fourth-order valence-electron chi connectivity index (χ4n) is 2.39. The number of para-hydroxylation sites is 1. The third-order valence-electron chi connectivity index (χ3n) is 3.77. The van der Waals surface area contributed by atoms with E-state index in [1.54, 1.807) is 18.2 Å². The van der Waals surface area contributed by atoms with Crippen LogP contribution in [0.5, 0.6) is 11.5 Å². The lowest BCUT2D eigenvalue weighted by atomic mass is 10.2. The zero-order valence-corrected chi connectivity index (χ0v) is 15.0. The number of nitrogens with one attached hydrogen (secondary N) is 2. The normalized spacial score (nSPS) is 10.3. The molecule has 9 heteroatoms. The highest BCUT2D eigenvalue weighted by molar-refractivity contribution is 6.03. The molecule has 28 heavy (non-hydrogen) atoms. The summed E-state index contributed by atoms with van der Waals surface area (Å²) in [6.07, 6.45) is 1.15. The minimum Gasteiger partial charge on any atom is -0.497 e. The molecule has 0 atom stereocenters. The molecule has 0 spiro atoms. The lowest BCUT2D eigenvalue weighted by molar-refractivity contribution is 0.102. The second-order valence-corrected chi connectivity index (χ2v) is 5.53. The third-order valence-corrected chi connectivity index (χ3v) is 3.77. The first-order valence-corrected chi connectivity index (χ1v) is 8.08. The number of benzene rings is 2. The van der Waals surface area contributed by atoms with E-state index in [1.165, 1.54) is 26.4 Å². The number of halogens is 2. The molecule has 0 unspecified atom stereocenters. The average Bonchev–Trinajstić information content (AvgIpc) is 2.71. The van der Waals surface area contributed by atoms with Gasteiger partial charge in [-0.15, -0.1) is 0 Å². The van der Waals surface area contributed by atoms with Crippen LogP contribution in [-0.4, -0.2) is 30.1 Å². The fourth-order valence-corrected chi connectivity index (χ4v) is 2.39. The van der Waals surface area contributed by atoms with Crippen LogP contribution in [0.25, 0.3) is 0 Å². The number of hydrogen-bond acceptors (Lipinski definition) is 6. The molecule has 1 aromatic heterocycles. The standard InChI is InChI=1S/C19H16F2N4O3/c1-27-11-6-7-16(28-2)14(8-11)24-17-9-15(22-10-23-17)19(26)25-18-12(20)4-3-5-13(18)21/h3-10H,1-2H3,(H,25,26)(H,22,23,24). The predicted octanol–water partition coefficient (Wildman–Crippen LogP) is 3.77. The van der Waals surface area contributed by atoms with Crippen molar-refractivity contribution in [3.05, 3.63) is 66.1 Å².